The van der Waals surface area contributed by atoms with E-state index in [-0.39, 0.29) is 31.1 Å². The van der Waals surface area contributed by atoms with Crippen molar-refractivity contribution in [2.45, 2.75) is 43.1 Å². The molecule has 1 N–H and O–H groups in total. The highest BCUT2D eigenvalue weighted by molar-refractivity contribution is 7.90. The molecule has 3 heterocycles. The van der Waals surface area contributed by atoms with Crippen LogP contribution in [0.15, 0.2) is 88.6 Å². The largest absolute Gasteiger partial charge is 0.497 e. The summed E-state index contributed by atoms with van der Waals surface area (Å²) in [6.45, 7) is 1.40. The number of fused-ring (bicyclic) bond motifs is 3. The first-order valence-electron chi connectivity index (χ1n) is 15.9. The summed E-state index contributed by atoms with van der Waals surface area (Å²) in [5.41, 5.74) is 0.608. The minimum absolute atomic E-state index is 0.0499. The molecule has 2 bridgehead atoms. The van der Waals surface area contributed by atoms with Gasteiger partial charge in [0.05, 0.1) is 45.0 Å². The monoisotopic (exact) mass is 726 g/mol. The number of methoxy groups -OCH3 is 2. The van der Waals surface area contributed by atoms with Crippen molar-refractivity contribution < 1.29 is 40.9 Å². The number of aromatic amines is 1. The molecule has 4 atom stereocenters. The zero-order chi connectivity index (χ0) is 35.5. The van der Waals surface area contributed by atoms with Crippen molar-refractivity contribution in [2.75, 3.05) is 40.3 Å². The van der Waals surface area contributed by atoms with E-state index in [0.717, 1.165) is 11.1 Å². The van der Waals surface area contributed by atoms with Crippen LogP contribution < -0.4 is 20.7 Å². The van der Waals surface area contributed by atoms with E-state index >= 15 is 0 Å². The first kappa shape index (κ1) is 35.9. The van der Waals surface area contributed by atoms with Crippen LogP contribution in [0, 0.1) is 6.92 Å². The van der Waals surface area contributed by atoms with Crippen LogP contribution in [0.3, 0.4) is 0 Å². The number of sulfone groups is 1. The Labute approximate surface area is 290 Å². The number of nitrogens with one attached hydrogen (secondary N) is 1. The Balaban J connectivity index is 1.52. The highest BCUT2D eigenvalue weighted by Crippen LogP contribution is 2.47. The topological polar surface area (TPSA) is 154 Å². The molecule has 0 unspecified atom stereocenters. The van der Waals surface area contributed by atoms with Gasteiger partial charge in [0, 0.05) is 25.3 Å². The van der Waals surface area contributed by atoms with Crippen molar-refractivity contribution in [3.05, 3.63) is 128 Å². The molecular formula is C35H39N2O11PS. The van der Waals surface area contributed by atoms with Gasteiger partial charge < -0.3 is 32.5 Å². The maximum atomic E-state index is 13.3. The minimum atomic E-state index is -3.62. The van der Waals surface area contributed by atoms with E-state index < -0.39 is 53.7 Å². The van der Waals surface area contributed by atoms with Crippen LogP contribution in [0.5, 0.6) is 11.5 Å². The van der Waals surface area contributed by atoms with E-state index in [2.05, 4.69) is 4.98 Å². The van der Waals surface area contributed by atoms with Crippen LogP contribution in [0.4, 0.5) is 0 Å². The zero-order valence-corrected chi connectivity index (χ0v) is 29.8. The second-order valence-corrected chi connectivity index (χ2v) is 15.4. The summed E-state index contributed by atoms with van der Waals surface area (Å²) in [4.78, 5) is 27.4. The summed E-state index contributed by atoms with van der Waals surface area (Å²) in [5.74, 6) is 0.794. The second kappa shape index (κ2) is 15.2. The fourth-order valence-corrected chi connectivity index (χ4v) is 8.45. The first-order chi connectivity index (χ1) is 24.0. The molecular weight excluding hydrogens is 687 g/mol. The lowest BCUT2D eigenvalue weighted by molar-refractivity contribution is -0.0928. The van der Waals surface area contributed by atoms with Gasteiger partial charge in [-0.15, -0.1) is 0 Å². The van der Waals surface area contributed by atoms with Crippen molar-refractivity contribution in [2.24, 2.45) is 0 Å². The molecule has 2 aliphatic heterocycles. The third-order valence-corrected chi connectivity index (χ3v) is 11.5. The maximum absolute atomic E-state index is 13.3. The van der Waals surface area contributed by atoms with E-state index in [1.807, 2.05) is 66.7 Å². The number of ether oxygens (including phenoxy) is 4. The fourth-order valence-electron chi connectivity index (χ4n) is 6.22. The van der Waals surface area contributed by atoms with Crippen molar-refractivity contribution >= 4 is 18.4 Å². The molecule has 1 fully saturated rings. The van der Waals surface area contributed by atoms with Crippen LogP contribution in [0.25, 0.3) is 0 Å². The SMILES string of the molecule is COc1ccc(C2(c3ccc(OC)cc3)OC[C@H]3O[C@@H](n4cc(C)c(=O)[nH]c4=O)C[C@@H]3O[P@](OC)OCCS(=O)(=O)Cc3cccc2c3)cc1. The Kier molecular flexibility index (Phi) is 10.9. The van der Waals surface area contributed by atoms with Gasteiger partial charge in [0.25, 0.3) is 5.56 Å². The summed E-state index contributed by atoms with van der Waals surface area (Å²) in [5, 5.41) is 0. The molecule has 0 aliphatic carbocycles. The fraction of sp³-hybridized carbons (Fsp3) is 0.371. The van der Waals surface area contributed by atoms with Gasteiger partial charge >= 0.3 is 14.3 Å². The average molecular weight is 727 g/mol. The molecule has 0 amide bonds. The number of hydrogen-bond acceptors (Lipinski definition) is 11. The molecule has 1 saturated heterocycles. The molecule has 15 heteroatoms. The summed E-state index contributed by atoms with van der Waals surface area (Å²) in [7, 11) is -1.06. The number of benzene rings is 3. The molecule has 3 aromatic carbocycles. The van der Waals surface area contributed by atoms with Gasteiger partial charge in [0.1, 0.15) is 29.4 Å². The molecule has 4 aromatic rings. The summed E-state index contributed by atoms with van der Waals surface area (Å²) >= 11 is 0. The Morgan fingerprint density at radius 2 is 1.56 bits per heavy atom. The van der Waals surface area contributed by atoms with Gasteiger partial charge in [-0.3, -0.25) is 14.3 Å². The van der Waals surface area contributed by atoms with E-state index in [4.69, 9.17) is 32.5 Å². The molecule has 6 rings (SSSR count). The lowest BCUT2D eigenvalue weighted by Gasteiger charge is -2.37. The van der Waals surface area contributed by atoms with Crippen LogP contribution in [-0.4, -0.2) is 70.5 Å². The van der Waals surface area contributed by atoms with Crippen LogP contribution >= 0.6 is 8.60 Å². The maximum Gasteiger partial charge on any atom is 0.332 e. The predicted molar refractivity (Wildman–Crippen MR) is 185 cm³/mol. The second-order valence-electron chi connectivity index (χ2n) is 12.0. The van der Waals surface area contributed by atoms with Gasteiger partial charge in [-0.1, -0.05) is 48.5 Å². The molecule has 13 nitrogen and oxygen atoms in total. The first-order valence-corrected chi connectivity index (χ1v) is 18.8. The van der Waals surface area contributed by atoms with Gasteiger partial charge in [0.15, 0.2) is 9.84 Å². The number of aryl methyl sites for hydroxylation is 1. The third kappa shape index (κ3) is 7.57. The van der Waals surface area contributed by atoms with Gasteiger partial charge in [-0.2, -0.15) is 0 Å². The van der Waals surface area contributed by atoms with Gasteiger partial charge in [-0.05, 0) is 53.4 Å². The molecule has 266 valence electrons. The highest BCUT2D eigenvalue weighted by Gasteiger charge is 2.44. The number of rotatable bonds is 6. The van der Waals surface area contributed by atoms with E-state index in [1.165, 1.54) is 17.9 Å². The predicted octanol–water partition coefficient (Wildman–Crippen LogP) is 4.36. The Morgan fingerprint density at radius 3 is 2.18 bits per heavy atom. The molecule has 50 heavy (non-hydrogen) atoms. The van der Waals surface area contributed by atoms with Crippen molar-refractivity contribution in [1.82, 2.24) is 9.55 Å². The Hall–Kier alpha value is -3.88. The number of hydrogen-bond donors (Lipinski definition) is 1. The van der Waals surface area contributed by atoms with E-state index in [1.54, 1.807) is 27.2 Å². The Bertz CT molecular complexity index is 1970. The van der Waals surface area contributed by atoms with Crippen LogP contribution in [0.1, 0.15) is 40.5 Å². The lowest BCUT2D eigenvalue weighted by Crippen LogP contribution is -2.38. The smallest absolute Gasteiger partial charge is 0.332 e. The van der Waals surface area contributed by atoms with Crippen molar-refractivity contribution in [3.63, 3.8) is 0 Å². The van der Waals surface area contributed by atoms with Crippen LogP contribution in [-0.2, 0) is 44.2 Å². The van der Waals surface area contributed by atoms with E-state index in [0.29, 0.717) is 28.2 Å². The number of H-pyrrole nitrogens is 1. The number of aromatic nitrogens is 2. The third-order valence-electron chi connectivity index (χ3n) is 8.78. The van der Waals surface area contributed by atoms with Gasteiger partial charge in [-0.25, -0.2) is 13.2 Å². The normalized spacial score (nSPS) is 23.6. The number of nitrogens with zero attached hydrogens (tertiary/aromatic N) is 1. The quantitative estimate of drug-likeness (QED) is 0.282. The summed E-state index contributed by atoms with van der Waals surface area (Å²) < 4.78 is 70.1. The standard InChI is InChI=1S/C35H39N2O11PS/c1-23-20-37(34(39)36-33(23)38)32-19-30-31(47-32)21-45-35(25-8-12-28(42-2)13-9-25,26-10-14-29(43-3)15-11-26)27-7-5-6-24(18-27)22-50(40,41)17-16-46-49(44-4)48-30/h5-15,18,20,30-32H,16-17,19,21-22H2,1-4H3,(H,36,38,39)/t30-,31+,32+,49+/m0/s1. The molecule has 0 saturated carbocycles. The summed E-state index contributed by atoms with van der Waals surface area (Å²) in [6, 6.07) is 22.2. The molecule has 2 aliphatic rings. The van der Waals surface area contributed by atoms with Crippen molar-refractivity contribution in [1.29, 1.82) is 0 Å². The molecule has 1 aromatic heterocycles. The minimum Gasteiger partial charge on any atom is -0.497 e. The molecule has 0 radical (unpaired) electrons. The highest BCUT2D eigenvalue weighted by atomic mass is 32.2. The summed E-state index contributed by atoms with van der Waals surface area (Å²) in [6.07, 6.45) is -0.692. The van der Waals surface area contributed by atoms with E-state index in [9.17, 15) is 18.0 Å². The lowest BCUT2D eigenvalue weighted by atomic mass is 9.79. The van der Waals surface area contributed by atoms with Crippen molar-refractivity contribution in [3.8, 4) is 11.5 Å². The molecule has 0 spiro atoms. The van der Waals surface area contributed by atoms with Gasteiger partial charge in [0.2, 0.25) is 0 Å². The Morgan fingerprint density at radius 1 is 0.900 bits per heavy atom. The average Bonchev–Trinajstić information content (AvgIpc) is 3.51. The zero-order valence-electron chi connectivity index (χ0n) is 28.1. The van der Waals surface area contributed by atoms with Crippen LogP contribution in [0.2, 0.25) is 0 Å².